The van der Waals surface area contributed by atoms with Gasteiger partial charge in [-0.15, -0.1) is 0 Å². The van der Waals surface area contributed by atoms with Crippen molar-refractivity contribution < 1.29 is 19.0 Å². The van der Waals surface area contributed by atoms with Gasteiger partial charge in [0.2, 0.25) is 0 Å². The molecule has 0 spiro atoms. The van der Waals surface area contributed by atoms with Gasteiger partial charge in [-0.2, -0.15) is 0 Å². The van der Waals surface area contributed by atoms with Crippen LogP contribution in [-0.2, 0) is 11.3 Å². The second-order valence-corrected chi connectivity index (χ2v) is 7.21. The number of amides is 1. The monoisotopic (exact) mass is 383 g/mol. The van der Waals surface area contributed by atoms with Crippen LogP contribution in [0, 0.1) is 0 Å². The van der Waals surface area contributed by atoms with Crippen molar-refractivity contribution in [3.8, 4) is 11.6 Å². The van der Waals surface area contributed by atoms with Crippen LogP contribution in [0.25, 0.3) is 0 Å². The van der Waals surface area contributed by atoms with E-state index in [2.05, 4.69) is 41.1 Å². The molecular formula is C21H25N3O4. The van der Waals surface area contributed by atoms with Crippen LogP contribution in [0.15, 0.2) is 42.6 Å². The minimum atomic E-state index is -0.248. The van der Waals surface area contributed by atoms with E-state index in [0.717, 1.165) is 25.2 Å². The summed E-state index contributed by atoms with van der Waals surface area (Å²) in [6.45, 7) is 5.74. The van der Waals surface area contributed by atoms with Gasteiger partial charge in [0.1, 0.15) is 6.61 Å². The SMILES string of the molecule is COC(=O)N1CCN(Cc2ccc([C@H]3COc4cccnc4O3)cc2)C[C@@H]1C. The van der Waals surface area contributed by atoms with Gasteiger partial charge in [0.25, 0.3) is 5.88 Å². The maximum atomic E-state index is 11.8. The Morgan fingerprint density at radius 2 is 2.07 bits per heavy atom. The number of piperazine rings is 1. The van der Waals surface area contributed by atoms with Gasteiger partial charge in [0.05, 0.1) is 7.11 Å². The van der Waals surface area contributed by atoms with Crippen LogP contribution in [-0.4, -0.2) is 60.3 Å². The predicted octanol–water partition coefficient (Wildman–Crippen LogP) is 2.87. The van der Waals surface area contributed by atoms with E-state index in [4.69, 9.17) is 14.2 Å². The van der Waals surface area contributed by atoms with Crippen molar-refractivity contribution in [2.75, 3.05) is 33.4 Å². The fourth-order valence-corrected chi connectivity index (χ4v) is 3.73. The molecular weight excluding hydrogens is 358 g/mol. The second-order valence-electron chi connectivity index (χ2n) is 7.21. The third-order valence-electron chi connectivity index (χ3n) is 5.26. The Hall–Kier alpha value is -2.80. The minimum Gasteiger partial charge on any atom is -0.484 e. The molecule has 4 rings (SSSR count). The summed E-state index contributed by atoms with van der Waals surface area (Å²) in [7, 11) is 1.43. The Labute approximate surface area is 164 Å². The Bertz CT molecular complexity index is 827. The quantitative estimate of drug-likeness (QED) is 0.812. The zero-order valence-electron chi connectivity index (χ0n) is 16.2. The van der Waals surface area contributed by atoms with Gasteiger partial charge in [0, 0.05) is 38.4 Å². The summed E-state index contributed by atoms with van der Waals surface area (Å²) in [6.07, 6.45) is 1.30. The molecule has 0 unspecified atom stereocenters. The van der Waals surface area contributed by atoms with Crippen LogP contribution >= 0.6 is 0 Å². The number of rotatable bonds is 3. The summed E-state index contributed by atoms with van der Waals surface area (Å²) in [5.74, 6) is 1.23. The lowest BCUT2D eigenvalue weighted by atomic mass is 10.1. The fraction of sp³-hybridized carbons (Fsp3) is 0.429. The molecule has 28 heavy (non-hydrogen) atoms. The van der Waals surface area contributed by atoms with Gasteiger partial charge in [-0.05, 0) is 30.2 Å². The highest BCUT2D eigenvalue weighted by Crippen LogP contribution is 2.34. The zero-order valence-corrected chi connectivity index (χ0v) is 16.2. The summed E-state index contributed by atoms with van der Waals surface area (Å²) in [4.78, 5) is 20.1. The first-order valence-electron chi connectivity index (χ1n) is 9.54. The zero-order chi connectivity index (χ0) is 19.5. The number of ether oxygens (including phenoxy) is 3. The number of aromatic nitrogens is 1. The van der Waals surface area contributed by atoms with Crippen LogP contribution in [0.5, 0.6) is 11.6 Å². The molecule has 0 aliphatic carbocycles. The van der Waals surface area contributed by atoms with E-state index in [1.807, 2.05) is 12.1 Å². The number of benzene rings is 1. The van der Waals surface area contributed by atoms with Crippen molar-refractivity contribution in [2.45, 2.75) is 25.6 Å². The molecule has 2 atom stereocenters. The Morgan fingerprint density at radius 1 is 1.25 bits per heavy atom. The Balaban J connectivity index is 1.35. The van der Waals surface area contributed by atoms with E-state index in [-0.39, 0.29) is 18.2 Å². The third-order valence-corrected chi connectivity index (χ3v) is 5.26. The molecule has 1 fully saturated rings. The highest BCUT2D eigenvalue weighted by atomic mass is 16.6. The first-order valence-corrected chi connectivity index (χ1v) is 9.54. The molecule has 2 aromatic rings. The lowest BCUT2D eigenvalue weighted by Gasteiger charge is -2.39. The van der Waals surface area contributed by atoms with Crippen molar-refractivity contribution in [2.24, 2.45) is 0 Å². The predicted molar refractivity (Wildman–Crippen MR) is 103 cm³/mol. The average Bonchev–Trinajstić information content (AvgIpc) is 2.73. The molecule has 3 heterocycles. The smallest absolute Gasteiger partial charge is 0.409 e. The van der Waals surface area contributed by atoms with E-state index in [1.165, 1.54) is 12.7 Å². The molecule has 2 aliphatic heterocycles. The molecule has 0 N–H and O–H groups in total. The van der Waals surface area contributed by atoms with Crippen LogP contribution < -0.4 is 9.47 Å². The van der Waals surface area contributed by atoms with Gasteiger partial charge < -0.3 is 19.1 Å². The number of carbonyl (C=O) groups is 1. The number of hydrogen-bond donors (Lipinski definition) is 0. The first-order chi connectivity index (χ1) is 13.6. The van der Waals surface area contributed by atoms with Crippen LogP contribution in [0.3, 0.4) is 0 Å². The number of pyridine rings is 1. The topological polar surface area (TPSA) is 64.1 Å². The molecule has 0 radical (unpaired) electrons. The van der Waals surface area contributed by atoms with Crippen LogP contribution in [0.4, 0.5) is 4.79 Å². The molecule has 7 heteroatoms. The molecule has 7 nitrogen and oxygen atoms in total. The molecule has 1 amide bonds. The van der Waals surface area contributed by atoms with Gasteiger partial charge in [-0.3, -0.25) is 4.90 Å². The number of carbonyl (C=O) groups excluding carboxylic acids is 1. The van der Waals surface area contributed by atoms with Crippen molar-refractivity contribution >= 4 is 6.09 Å². The molecule has 2 aliphatic rings. The highest BCUT2D eigenvalue weighted by Gasteiger charge is 2.28. The number of methoxy groups -OCH3 is 1. The molecule has 1 aromatic heterocycles. The fourth-order valence-electron chi connectivity index (χ4n) is 3.73. The standard InChI is InChI=1S/C21H25N3O4/c1-15-12-23(10-11-24(15)21(25)26-2)13-16-5-7-17(8-6-16)19-14-27-18-4-3-9-22-20(18)28-19/h3-9,15,19H,10-14H2,1-2H3/t15-,19+/m0/s1. The summed E-state index contributed by atoms with van der Waals surface area (Å²) in [5, 5.41) is 0. The summed E-state index contributed by atoms with van der Waals surface area (Å²) >= 11 is 0. The van der Waals surface area contributed by atoms with E-state index < -0.39 is 0 Å². The maximum absolute atomic E-state index is 11.8. The normalized spacial score (nSPS) is 22.0. The van der Waals surface area contributed by atoms with E-state index >= 15 is 0 Å². The number of hydrogen-bond acceptors (Lipinski definition) is 6. The lowest BCUT2D eigenvalue weighted by molar-refractivity contribution is 0.0604. The molecule has 1 saturated heterocycles. The molecule has 1 aromatic carbocycles. The summed E-state index contributed by atoms with van der Waals surface area (Å²) in [6, 6.07) is 12.3. The van der Waals surface area contributed by atoms with Gasteiger partial charge in [-0.25, -0.2) is 9.78 Å². The van der Waals surface area contributed by atoms with Crippen molar-refractivity contribution in [1.82, 2.24) is 14.8 Å². The first kappa shape index (κ1) is 18.6. The van der Waals surface area contributed by atoms with E-state index in [0.29, 0.717) is 24.8 Å². The van der Waals surface area contributed by atoms with E-state index in [9.17, 15) is 4.79 Å². The largest absolute Gasteiger partial charge is 0.484 e. The van der Waals surface area contributed by atoms with Gasteiger partial charge in [-0.1, -0.05) is 24.3 Å². The Kier molecular flexibility index (Phi) is 5.34. The maximum Gasteiger partial charge on any atom is 0.409 e. The second kappa shape index (κ2) is 8.06. The van der Waals surface area contributed by atoms with Gasteiger partial charge >= 0.3 is 6.09 Å². The molecule has 148 valence electrons. The average molecular weight is 383 g/mol. The lowest BCUT2D eigenvalue weighted by Crippen LogP contribution is -2.53. The number of fused-ring (bicyclic) bond motifs is 1. The summed E-state index contributed by atoms with van der Waals surface area (Å²) < 4.78 is 16.6. The van der Waals surface area contributed by atoms with E-state index in [1.54, 1.807) is 11.1 Å². The van der Waals surface area contributed by atoms with Crippen LogP contribution in [0.1, 0.15) is 24.2 Å². The van der Waals surface area contributed by atoms with Gasteiger partial charge in [0.15, 0.2) is 11.9 Å². The highest BCUT2D eigenvalue weighted by molar-refractivity contribution is 5.68. The minimum absolute atomic E-state index is 0.140. The van der Waals surface area contributed by atoms with Crippen molar-refractivity contribution in [3.05, 3.63) is 53.7 Å². The summed E-state index contributed by atoms with van der Waals surface area (Å²) in [5.41, 5.74) is 2.31. The molecule has 0 saturated carbocycles. The number of nitrogens with zero attached hydrogens (tertiary/aromatic N) is 3. The van der Waals surface area contributed by atoms with Crippen LogP contribution in [0.2, 0.25) is 0 Å². The Morgan fingerprint density at radius 3 is 2.82 bits per heavy atom. The molecule has 0 bridgehead atoms. The van der Waals surface area contributed by atoms with Crippen molar-refractivity contribution in [1.29, 1.82) is 0 Å². The van der Waals surface area contributed by atoms with Crippen molar-refractivity contribution in [3.63, 3.8) is 0 Å². The third kappa shape index (κ3) is 3.89.